The number of allylic oxidation sites excluding steroid dienone is 2. The molecule has 0 amide bonds. The van der Waals surface area contributed by atoms with Crippen molar-refractivity contribution in [3.05, 3.63) is 90.5 Å². The van der Waals surface area contributed by atoms with Crippen molar-refractivity contribution < 1.29 is 19.3 Å². The van der Waals surface area contributed by atoms with Gasteiger partial charge in [-0.3, -0.25) is 20.2 Å². The lowest BCUT2D eigenvalue weighted by Crippen LogP contribution is -1.94. The summed E-state index contributed by atoms with van der Waals surface area (Å²) in [6.07, 6.45) is 7.48. The van der Waals surface area contributed by atoms with Crippen LogP contribution in [0.5, 0.6) is 11.5 Å². The van der Waals surface area contributed by atoms with Crippen molar-refractivity contribution in [1.82, 2.24) is 9.13 Å². The van der Waals surface area contributed by atoms with Gasteiger partial charge in [0.25, 0.3) is 0 Å². The summed E-state index contributed by atoms with van der Waals surface area (Å²) >= 11 is 0. The van der Waals surface area contributed by atoms with E-state index in [4.69, 9.17) is 9.47 Å². The predicted octanol–water partition coefficient (Wildman–Crippen LogP) is 6.47. The van der Waals surface area contributed by atoms with Gasteiger partial charge < -0.3 is 18.6 Å². The summed E-state index contributed by atoms with van der Waals surface area (Å²) in [5.41, 5.74) is 6.88. The third kappa shape index (κ3) is 4.81. The minimum absolute atomic E-state index is 0.162. The van der Waals surface area contributed by atoms with E-state index in [1.54, 1.807) is 26.4 Å². The molecule has 0 bridgehead atoms. The second-order valence-electron chi connectivity index (χ2n) is 10.1. The van der Waals surface area contributed by atoms with Crippen molar-refractivity contribution >= 4 is 34.0 Å². The number of ether oxygens (including phenoxy) is 2. The lowest BCUT2D eigenvalue weighted by Gasteiger charge is -2.02. The van der Waals surface area contributed by atoms with E-state index in [0.29, 0.717) is 0 Å². The van der Waals surface area contributed by atoms with E-state index < -0.39 is 0 Å². The third-order valence-corrected chi connectivity index (χ3v) is 7.72. The van der Waals surface area contributed by atoms with E-state index in [2.05, 4.69) is 9.13 Å². The van der Waals surface area contributed by atoms with Crippen molar-refractivity contribution in [2.45, 2.75) is 52.6 Å². The molecule has 0 unspecified atom stereocenters. The van der Waals surface area contributed by atoms with E-state index in [1.807, 2.05) is 36.4 Å². The van der Waals surface area contributed by atoms with Crippen LogP contribution in [0.15, 0.2) is 47.8 Å². The first kappa shape index (κ1) is 27.0. The number of methoxy groups -OCH3 is 2. The summed E-state index contributed by atoms with van der Waals surface area (Å²) in [7, 11) is 3.26. The van der Waals surface area contributed by atoms with Crippen LogP contribution in [0.1, 0.15) is 49.2 Å². The zero-order valence-corrected chi connectivity index (χ0v) is 23.1. The Balaban J connectivity index is 0.000000161. The molecule has 6 rings (SSSR count). The minimum Gasteiger partial charge on any atom is -0.497 e. The molecule has 208 valence electrons. The standard InChI is InChI=1S/2C15H16N2O3/c2*1-10(17(18)19)8-12-13-9-11(20-2)5-6-15(13)16-7-3-4-14(12)16/h2*5-6,8-9H,3-4,7H2,1-2H3. The number of rotatable bonds is 6. The molecule has 4 aromatic rings. The number of aromatic nitrogens is 2. The molecule has 0 radical (unpaired) electrons. The van der Waals surface area contributed by atoms with E-state index in [-0.39, 0.29) is 21.2 Å². The Kier molecular flexibility index (Phi) is 7.34. The monoisotopic (exact) mass is 544 g/mol. The van der Waals surface area contributed by atoms with Gasteiger partial charge in [-0.25, -0.2) is 0 Å². The number of aryl methyl sites for hydroxylation is 2. The molecule has 10 heteroatoms. The summed E-state index contributed by atoms with van der Waals surface area (Å²) in [6.45, 7) is 5.02. The van der Waals surface area contributed by atoms with Crippen LogP contribution in [-0.2, 0) is 25.9 Å². The fourth-order valence-electron chi connectivity index (χ4n) is 5.78. The Morgan fingerprint density at radius 3 is 1.50 bits per heavy atom. The van der Waals surface area contributed by atoms with E-state index in [1.165, 1.54) is 25.2 Å². The molecule has 0 N–H and O–H groups in total. The van der Waals surface area contributed by atoms with Gasteiger partial charge in [0.05, 0.1) is 24.1 Å². The molecule has 2 aromatic carbocycles. The Bertz CT molecular complexity index is 1580. The molecule has 2 aromatic heterocycles. The van der Waals surface area contributed by atoms with Gasteiger partial charge in [0.2, 0.25) is 11.4 Å². The highest BCUT2D eigenvalue weighted by Gasteiger charge is 2.23. The van der Waals surface area contributed by atoms with Gasteiger partial charge in [-0.2, -0.15) is 0 Å². The molecule has 0 spiro atoms. The molecule has 4 heterocycles. The molecular formula is C30H32N4O6. The van der Waals surface area contributed by atoms with Crippen molar-refractivity contribution in [3.8, 4) is 11.5 Å². The van der Waals surface area contributed by atoms with Crippen LogP contribution in [-0.4, -0.2) is 33.2 Å². The maximum absolute atomic E-state index is 10.9. The van der Waals surface area contributed by atoms with Crippen LogP contribution in [0.25, 0.3) is 34.0 Å². The fraction of sp³-hybridized carbons (Fsp3) is 0.333. The van der Waals surface area contributed by atoms with Crippen LogP contribution in [0, 0.1) is 20.2 Å². The zero-order valence-electron chi connectivity index (χ0n) is 23.1. The summed E-state index contributed by atoms with van der Waals surface area (Å²) in [5.74, 6) is 1.55. The van der Waals surface area contributed by atoms with Crippen molar-refractivity contribution in [3.63, 3.8) is 0 Å². The number of fused-ring (bicyclic) bond motifs is 6. The van der Waals surface area contributed by atoms with Gasteiger partial charge >= 0.3 is 0 Å². The molecular weight excluding hydrogens is 512 g/mol. The Hall–Kier alpha value is -4.60. The smallest absolute Gasteiger partial charge is 0.243 e. The highest BCUT2D eigenvalue weighted by molar-refractivity contribution is 5.93. The highest BCUT2D eigenvalue weighted by Crippen LogP contribution is 2.36. The number of benzene rings is 2. The second kappa shape index (κ2) is 10.9. The van der Waals surface area contributed by atoms with Crippen LogP contribution in [0.2, 0.25) is 0 Å². The summed E-state index contributed by atoms with van der Waals surface area (Å²) in [4.78, 5) is 21.1. The quantitative estimate of drug-likeness (QED) is 0.203. The lowest BCUT2D eigenvalue weighted by molar-refractivity contribution is -0.422. The first-order valence-corrected chi connectivity index (χ1v) is 13.3. The number of hydrogen-bond donors (Lipinski definition) is 0. The van der Waals surface area contributed by atoms with Gasteiger partial charge in [-0.1, -0.05) is 0 Å². The largest absolute Gasteiger partial charge is 0.497 e. The molecule has 0 saturated heterocycles. The maximum Gasteiger partial charge on any atom is 0.243 e. The fourth-order valence-corrected chi connectivity index (χ4v) is 5.78. The SMILES string of the molecule is COc1ccc2c(c1)c(C=C(C)[N+](=O)[O-])c1n2CCC1.COc1ccc2c(c1)c(C=C(C)[N+](=O)[O-])c1n2CCC1. The lowest BCUT2D eigenvalue weighted by atomic mass is 10.1. The number of hydrogen-bond acceptors (Lipinski definition) is 6. The van der Waals surface area contributed by atoms with Crippen molar-refractivity contribution in [2.24, 2.45) is 0 Å². The third-order valence-electron chi connectivity index (χ3n) is 7.72. The minimum atomic E-state index is -0.342. The van der Waals surface area contributed by atoms with Gasteiger partial charge in [0, 0.05) is 83.4 Å². The van der Waals surface area contributed by atoms with Crippen LogP contribution >= 0.6 is 0 Å². The first-order valence-electron chi connectivity index (χ1n) is 13.3. The van der Waals surface area contributed by atoms with Gasteiger partial charge in [0.1, 0.15) is 11.5 Å². The molecule has 40 heavy (non-hydrogen) atoms. The Morgan fingerprint density at radius 2 is 1.15 bits per heavy atom. The van der Waals surface area contributed by atoms with E-state index in [0.717, 1.165) is 83.2 Å². The van der Waals surface area contributed by atoms with E-state index in [9.17, 15) is 20.2 Å². The average molecular weight is 545 g/mol. The maximum atomic E-state index is 10.9. The van der Waals surface area contributed by atoms with E-state index >= 15 is 0 Å². The Labute approximate surface area is 231 Å². The normalized spacial score (nSPS) is 14.6. The van der Waals surface area contributed by atoms with Gasteiger partial charge in [0.15, 0.2) is 0 Å². The average Bonchev–Trinajstić information content (AvgIpc) is 3.72. The topological polar surface area (TPSA) is 115 Å². The Morgan fingerprint density at radius 1 is 0.750 bits per heavy atom. The molecule has 0 fully saturated rings. The summed E-state index contributed by atoms with van der Waals surface area (Å²) < 4.78 is 15.0. The number of nitrogens with zero attached hydrogens (tertiary/aromatic N) is 4. The van der Waals surface area contributed by atoms with Crippen molar-refractivity contribution in [1.29, 1.82) is 0 Å². The molecule has 0 atom stereocenters. The van der Waals surface area contributed by atoms with Crippen molar-refractivity contribution in [2.75, 3.05) is 14.2 Å². The molecule has 2 aliphatic heterocycles. The van der Waals surface area contributed by atoms with Gasteiger partial charge in [-0.15, -0.1) is 0 Å². The highest BCUT2D eigenvalue weighted by atomic mass is 16.6. The second-order valence-corrected chi connectivity index (χ2v) is 10.1. The van der Waals surface area contributed by atoms with Crippen LogP contribution in [0.3, 0.4) is 0 Å². The van der Waals surface area contributed by atoms with Crippen LogP contribution < -0.4 is 9.47 Å². The zero-order chi connectivity index (χ0) is 28.6. The predicted molar refractivity (Wildman–Crippen MR) is 155 cm³/mol. The summed E-state index contributed by atoms with van der Waals surface area (Å²) in [5, 5.41) is 23.8. The number of nitro groups is 2. The first-order chi connectivity index (χ1) is 19.2. The van der Waals surface area contributed by atoms with Gasteiger partial charge in [-0.05, 0) is 62.1 Å². The summed E-state index contributed by atoms with van der Waals surface area (Å²) in [6, 6.07) is 11.8. The molecule has 0 aliphatic carbocycles. The van der Waals surface area contributed by atoms with Crippen LogP contribution in [0.4, 0.5) is 0 Å². The molecule has 0 saturated carbocycles. The molecule has 2 aliphatic rings. The molecule has 10 nitrogen and oxygen atoms in total.